The molecule has 0 spiro atoms. The Kier molecular flexibility index (Phi) is 4.82. The van der Waals surface area contributed by atoms with Gasteiger partial charge in [-0.15, -0.1) is 8.78 Å². The van der Waals surface area contributed by atoms with Crippen molar-refractivity contribution >= 4 is 22.8 Å². The number of aliphatic imine (C=N–C) groups is 1. The molecule has 7 nitrogen and oxygen atoms in total. The van der Waals surface area contributed by atoms with Crippen LogP contribution in [0, 0.1) is 0 Å². The maximum atomic E-state index is 13.4. The van der Waals surface area contributed by atoms with Gasteiger partial charge in [-0.3, -0.25) is 4.99 Å². The molecule has 1 aromatic carbocycles. The number of nitrogens with zero attached hydrogens (tertiary/aromatic N) is 2. The molecule has 4 N–H and O–H groups in total. The standard InChI is InChI=1S/C22H21F2N5O2/c23-22(24)30-19-2-1-13(8-20(19)31-22)18-12-29-21-17(18)7-14(10-28-21)15(9-25)11-27-16-3-5-26-6-4-16/h1-2,7-12,16,26H,3-6,25H2,(H,28,29). The quantitative estimate of drug-likeness (QED) is 0.554. The van der Waals surface area contributed by atoms with Crippen LogP contribution in [0.1, 0.15) is 18.4 Å². The molecule has 3 aromatic rings. The average molecular weight is 425 g/mol. The molecular formula is C22H21F2N5O2. The Balaban J connectivity index is 1.47. The number of halogens is 2. The summed E-state index contributed by atoms with van der Waals surface area (Å²) in [7, 11) is 0. The van der Waals surface area contributed by atoms with E-state index in [1.54, 1.807) is 24.7 Å². The minimum atomic E-state index is -3.65. The SMILES string of the molecule is NC=C(C=NC1CCNCC1)c1cnc2[nH]cc(-c3ccc4c(c3)OC(F)(F)O4)c2c1. The first kappa shape index (κ1) is 19.5. The fourth-order valence-electron chi connectivity index (χ4n) is 3.87. The number of nitrogens with one attached hydrogen (secondary N) is 2. The van der Waals surface area contributed by atoms with Crippen molar-refractivity contribution < 1.29 is 18.3 Å². The van der Waals surface area contributed by atoms with Crippen LogP contribution in [0.5, 0.6) is 11.5 Å². The third-order valence-corrected chi connectivity index (χ3v) is 5.49. The van der Waals surface area contributed by atoms with E-state index in [1.165, 1.54) is 18.3 Å². The summed E-state index contributed by atoms with van der Waals surface area (Å²) < 4.78 is 35.8. The number of nitrogens with two attached hydrogens (primary N) is 1. The second-order valence-electron chi connectivity index (χ2n) is 7.53. The number of piperidine rings is 1. The van der Waals surface area contributed by atoms with Gasteiger partial charge in [0.25, 0.3) is 0 Å². The van der Waals surface area contributed by atoms with Gasteiger partial charge >= 0.3 is 6.29 Å². The van der Waals surface area contributed by atoms with Crippen LogP contribution in [-0.2, 0) is 0 Å². The second-order valence-corrected chi connectivity index (χ2v) is 7.53. The molecule has 1 saturated heterocycles. The molecule has 0 radical (unpaired) electrons. The largest absolute Gasteiger partial charge is 0.586 e. The third kappa shape index (κ3) is 3.84. The number of alkyl halides is 2. The third-order valence-electron chi connectivity index (χ3n) is 5.49. The molecule has 160 valence electrons. The Morgan fingerprint density at radius 3 is 2.81 bits per heavy atom. The molecule has 31 heavy (non-hydrogen) atoms. The number of aromatic nitrogens is 2. The van der Waals surface area contributed by atoms with Crippen molar-refractivity contribution in [1.29, 1.82) is 0 Å². The van der Waals surface area contributed by atoms with Crippen LogP contribution >= 0.6 is 0 Å². The summed E-state index contributed by atoms with van der Waals surface area (Å²) in [6, 6.07) is 6.95. The summed E-state index contributed by atoms with van der Waals surface area (Å²) in [5.74, 6) is 0.00694. The zero-order valence-electron chi connectivity index (χ0n) is 16.6. The van der Waals surface area contributed by atoms with Gasteiger partial charge in [0, 0.05) is 46.9 Å². The van der Waals surface area contributed by atoms with E-state index in [0.717, 1.165) is 48.0 Å². The zero-order valence-corrected chi connectivity index (χ0v) is 16.6. The van der Waals surface area contributed by atoms with Crippen molar-refractivity contribution in [2.24, 2.45) is 10.7 Å². The summed E-state index contributed by atoms with van der Waals surface area (Å²) in [4.78, 5) is 12.3. The molecule has 0 saturated carbocycles. The Labute approximate surface area is 177 Å². The van der Waals surface area contributed by atoms with E-state index < -0.39 is 6.29 Å². The van der Waals surface area contributed by atoms with Crippen molar-refractivity contribution in [2.45, 2.75) is 25.2 Å². The van der Waals surface area contributed by atoms with Crippen LogP contribution in [0.2, 0.25) is 0 Å². The van der Waals surface area contributed by atoms with Gasteiger partial charge in [-0.2, -0.15) is 0 Å². The number of rotatable bonds is 4. The molecule has 4 heterocycles. The number of allylic oxidation sites excluding steroid dienone is 1. The van der Waals surface area contributed by atoms with E-state index in [1.807, 2.05) is 6.07 Å². The summed E-state index contributed by atoms with van der Waals surface area (Å²) >= 11 is 0. The Bertz CT molecular complexity index is 1180. The lowest BCUT2D eigenvalue weighted by Crippen LogP contribution is -2.29. The Hall–Kier alpha value is -3.46. The molecule has 2 aliphatic rings. The first-order chi connectivity index (χ1) is 15.0. The topological polar surface area (TPSA) is 97.6 Å². The molecule has 9 heteroatoms. The van der Waals surface area contributed by atoms with Crippen LogP contribution in [0.15, 0.2) is 47.9 Å². The van der Waals surface area contributed by atoms with Gasteiger partial charge in [0.15, 0.2) is 11.5 Å². The second kappa shape index (κ2) is 7.66. The van der Waals surface area contributed by atoms with Gasteiger partial charge in [0.2, 0.25) is 0 Å². The van der Waals surface area contributed by atoms with Crippen LogP contribution < -0.4 is 20.5 Å². The highest BCUT2D eigenvalue weighted by atomic mass is 19.3. The normalized spacial score (nSPS) is 18.8. The highest BCUT2D eigenvalue weighted by Crippen LogP contribution is 2.43. The first-order valence-electron chi connectivity index (χ1n) is 10.1. The van der Waals surface area contributed by atoms with Gasteiger partial charge in [-0.05, 0) is 49.7 Å². The van der Waals surface area contributed by atoms with Crippen LogP contribution in [0.4, 0.5) is 8.78 Å². The zero-order chi connectivity index (χ0) is 21.4. The number of pyridine rings is 1. The van der Waals surface area contributed by atoms with Gasteiger partial charge in [0.05, 0.1) is 6.04 Å². The number of ether oxygens (including phenoxy) is 2. The van der Waals surface area contributed by atoms with E-state index in [-0.39, 0.29) is 17.5 Å². The molecule has 0 unspecified atom stereocenters. The van der Waals surface area contributed by atoms with E-state index in [9.17, 15) is 8.78 Å². The van der Waals surface area contributed by atoms with Gasteiger partial charge < -0.3 is 25.5 Å². The molecular weight excluding hydrogens is 404 g/mol. The summed E-state index contributed by atoms with van der Waals surface area (Å²) in [6.07, 6.45) is 5.18. The average Bonchev–Trinajstić information content (AvgIpc) is 3.33. The van der Waals surface area contributed by atoms with Crippen molar-refractivity contribution in [3.05, 3.63) is 48.4 Å². The first-order valence-corrected chi connectivity index (χ1v) is 10.1. The van der Waals surface area contributed by atoms with Gasteiger partial charge in [0.1, 0.15) is 5.65 Å². The molecule has 0 aliphatic carbocycles. The van der Waals surface area contributed by atoms with Crippen LogP contribution in [0.3, 0.4) is 0 Å². The molecule has 0 atom stereocenters. The minimum absolute atomic E-state index is 0.00221. The highest BCUT2D eigenvalue weighted by molar-refractivity contribution is 6.11. The molecule has 2 aliphatic heterocycles. The maximum absolute atomic E-state index is 13.4. The maximum Gasteiger partial charge on any atom is 0.586 e. The van der Waals surface area contributed by atoms with Crippen molar-refractivity contribution in [1.82, 2.24) is 15.3 Å². The number of hydrogen-bond acceptors (Lipinski definition) is 6. The smallest absolute Gasteiger partial charge is 0.404 e. The fraction of sp³-hybridized carbons (Fsp3) is 0.273. The lowest BCUT2D eigenvalue weighted by atomic mass is 10.0. The minimum Gasteiger partial charge on any atom is -0.404 e. The van der Waals surface area contributed by atoms with E-state index >= 15 is 0 Å². The van der Waals surface area contributed by atoms with E-state index in [2.05, 4.69) is 29.8 Å². The Morgan fingerprint density at radius 1 is 1.19 bits per heavy atom. The van der Waals surface area contributed by atoms with Gasteiger partial charge in [-0.25, -0.2) is 4.98 Å². The number of benzene rings is 1. The molecule has 1 fully saturated rings. The fourth-order valence-corrected chi connectivity index (χ4v) is 3.87. The lowest BCUT2D eigenvalue weighted by molar-refractivity contribution is -0.286. The summed E-state index contributed by atoms with van der Waals surface area (Å²) in [6.45, 7) is 1.93. The van der Waals surface area contributed by atoms with E-state index in [0.29, 0.717) is 11.2 Å². The highest BCUT2D eigenvalue weighted by Gasteiger charge is 2.43. The number of hydrogen-bond donors (Lipinski definition) is 3. The predicted octanol–water partition coefficient (Wildman–Crippen LogP) is 3.67. The monoisotopic (exact) mass is 425 g/mol. The predicted molar refractivity (Wildman–Crippen MR) is 114 cm³/mol. The van der Waals surface area contributed by atoms with E-state index in [4.69, 9.17) is 5.73 Å². The van der Waals surface area contributed by atoms with Crippen LogP contribution in [-0.4, -0.2) is 41.6 Å². The molecule has 2 aromatic heterocycles. The number of aromatic amines is 1. The molecule has 0 bridgehead atoms. The summed E-state index contributed by atoms with van der Waals surface area (Å²) in [5.41, 5.74) is 9.64. The Morgan fingerprint density at radius 2 is 2.00 bits per heavy atom. The lowest BCUT2D eigenvalue weighted by Gasteiger charge is -2.18. The molecule has 5 rings (SSSR count). The van der Waals surface area contributed by atoms with Crippen LogP contribution in [0.25, 0.3) is 27.7 Å². The number of fused-ring (bicyclic) bond motifs is 2. The van der Waals surface area contributed by atoms with Gasteiger partial charge in [-0.1, -0.05) is 6.07 Å². The molecule has 0 amide bonds. The van der Waals surface area contributed by atoms with Crippen molar-refractivity contribution in [3.63, 3.8) is 0 Å². The number of H-pyrrole nitrogens is 1. The summed E-state index contributed by atoms with van der Waals surface area (Å²) in [5, 5.41) is 4.15. The van der Waals surface area contributed by atoms with Crippen molar-refractivity contribution in [2.75, 3.05) is 13.1 Å². The van der Waals surface area contributed by atoms with Crippen molar-refractivity contribution in [3.8, 4) is 22.6 Å².